The fraction of sp³-hybridized carbons (Fsp3) is 0.545. The Labute approximate surface area is 175 Å². The lowest BCUT2D eigenvalue weighted by atomic mass is 10.1. The molecule has 1 saturated heterocycles. The molecule has 0 radical (unpaired) electrons. The first-order valence-electron chi connectivity index (χ1n) is 10.2. The molecular weight excluding hydrogens is 393 g/mol. The molecule has 1 amide bonds. The van der Waals surface area contributed by atoms with Crippen LogP contribution in [0.4, 0.5) is 13.2 Å². The topological polar surface area (TPSA) is 41.4 Å². The Hall–Kier alpha value is -2.35. The van der Waals surface area contributed by atoms with Gasteiger partial charge in [-0.25, -0.2) is 0 Å². The minimum atomic E-state index is -4.32. The minimum Gasteiger partial charge on any atom is -0.337 e. The molecule has 0 N–H and O–H groups in total. The van der Waals surface area contributed by atoms with Gasteiger partial charge in [-0.1, -0.05) is 12.1 Å². The van der Waals surface area contributed by atoms with Gasteiger partial charge < -0.3 is 4.90 Å². The van der Waals surface area contributed by atoms with Gasteiger partial charge in [-0.05, 0) is 51.8 Å². The Kier molecular flexibility index (Phi) is 6.26. The normalized spacial score (nSPS) is 16.6. The van der Waals surface area contributed by atoms with E-state index in [1.54, 1.807) is 6.20 Å². The van der Waals surface area contributed by atoms with Crippen LogP contribution in [0.25, 0.3) is 0 Å². The van der Waals surface area contributed by atoms with Gasteiger partial charge in [0.15, 0.2) is 0 Å². The van der Waals surface area contributed by atoms with Gasteiger partial charge >= 0.3 is 6.18 Å². The molecule has 0 saturated carbocycles. The summed E-state index contributed by atoms with van der Waals surface area (Å²) in [5.41, 5.74) is 1.49. The van der Waals surface area contributed by atoms with Crippen LogP contribution >= 0.6 is 0 Å². The highest BCUT2D eigenvalue weighted by atomic mass is 19.4. The molecule has 0 spiro atoms. The number of halogens is 3. The summed E-state index contributed by atoms with van der Waals surface area (Å²) in [6, 6.07) is 5.30. The third kappa shape index (κ3) is 5.03. The van der Waals surface area contributed by atoms with Gasteiger partial charge in [0, 0.05) is 38.4 Å². The molecule has 8 heteroatoms. The molecule has 2 aromatic rings. The van der Waals surface area contributed by atoms with Crippen molar-refractivity contribution < 1.29 is 18.0 Å². The number of benzene rings is 1. The van der Waals surface area contributed by atoms with E-state index in [0.29, 0.717) is 31.7 Å². The van der Waals surface area contributed by atoms with Gasteiger partial charge in [0.05, 0.1) is 22.9 Å². The second-order valence-electron chi connectivity index (χ2n) is 8.84. The first-order valence-corrected chi connectivity index (χ1v) is 10.2. The van der Waals surface area contributed by atoms with E-state index in [2.05, 4.69) is 10.00 Å². The van der Waals surface area contributed by atoms with E-state index in [-0.39, 0.29) is 11.4 Å². The van der Waals surface area contributed by atoms with Crippen molar-refractivity contribution in [1.82, 2.24) is 19.6 Å². The highest BCUT2D eigenvalue weighted by Crippen LogP contribution is 2.29. The molecule has 0 aliphatic carbocycles. The Balaban J connectivity index is 1.62. The molecule has 1 aliphatic rings. The molecule has 1 aliphatic heterocycles. The van der Waals surface area contributed by atoms with Crippen molar-refractivity contribution in [2.24, 2.45) is 0 Å². The van der Waals surface area contributed by atoms with Crippen molar-refractivity contribution in [1.29, 1.82) is 0 Å². The van der Waals surface area contributed by atoms with E-state index >= 15 is 0 Å². The van der Waals surface area contributed by atoms with Crippen LogP contribution in [0.5, 0.6) is 0 Å². The number of alkyl halides is 3. The van der Waals surface area contributed by atoms with Crippen LogP contribution in [0.3, 0.4) is 0 Å². The molecule has 1 aromatic heterocycles. The molecule has 30 heavy (non-hydrogen) atoms. The number of nitrogens with zero attached hydrogens (tertiary/aromatic N) is 4. The van der Waals surface area contributed by atoms with Gasteiger partial charge in [0.1, 0.15) is 0 Å². The molecule has 3 rings (SSSR count). The van der Waals surface area contributed by atoms with Crippen molar-refractivity contribution in [3.63, 3.8) is 0 Å². The number of amides is 1. The fourth-order valence-electron chi connectivity index (χ4n) is 3.86. The van der Waals surface area contributed by atoms with Gasteiger partial charge in [0.2, 0.25) is 0 Å². The lowest BCUT2D eigenvalue weighted by Gasteiger charge is -2.23. The maximum atomic E-state index is 13.1. The highest BCUT2D eigenvalue weighted by molar-refractivity contribution is 5.95. The average Bonchev–Trinajstić information content (AvgIpc) is 2.90. The van der Waals surface area contributed by atoms with E-state index in [0.717, 1.165) is 36.4 Å². The van der Waals surface area contributed by atoms with Crippen molar-refractivity contribution in [2.75, 3.05) is 26.2 Å². The number of hydrogen-bond acceptors (Lipinski definition) is 3. The van der Waals surface area contributed by atoms with Crippen LogP contribution in [-0.4, -0.2) is 51.7 Å². The zero-order valence-corrected chi connectivity index (χ0v) is 18.0. The van der Waals surface area contributed by atoms with Gasteiger partial charge in [-0.15, -0.1) is 0 Å². The highest BCUT2D eigenvalue weighted by Gasteiger charge is 2.30. The summed E-state index contributed by atoms with van der Waals surface area (Å²) in [5, 5.41) is 4.40. The number of carbonyl (C=O) groups excluding carboxylic acids is 1. The summed E-state index contributed by atoms with van der Waals surface area (Å²) < 4.78 is 40.1. The Morgan fingerprint density at radius 3 is 2.27 bits per heavy atom. The van der Waals surface area contributed by atoms with Crippen LogP contribution in [0.1, 0.15) is 54.4 Å². The molecule has 0 atom stereocenters. The maximum Gasteiger partial charge on any atom is 0.416 e. The number of hydrogen-bond donors (Lipinski definition) is 0. The summed E-state index contributed by atoms with van der Waals surface area (Å²) in [5.74, 6) is -0.0145. The van der Waals surface area contributed by atoms with Crippen LogP contribution in [0.2, 0.25) is 0 Å². The van der Waals surface area contributed by atoms with Crippen molar-refractivity contribution in [2.45, 2.75) is 52.4 Å². The molecule has 0 unspecified atom stereocenters. The van der Waals surface area contributed by atoms with Crippen LogP contribution in [0.15, 0.2) is 30.5 Å². The lowest BCUT2D eigenvalue weighted by molar-refractivity contribution is -0.137. The second kappa shape index (κ2) is 8.41. The minimum absolute atomic E-state index is 0.0145. The second-order valence-corrected chi connectivity index (χ2v) is 8.84. The zero-order chi connectivity index (χ0) is 22.1. The van der Waals surface area contributed by atoms with Crippen molar-refractivity contribution in [3.05, 3.63) is 52.8 Å². The zero-order valence-electron chi connectivity index (χ0n) is 18.0. The summed E-state index contributed by atoms with van der Waals surface area (Å²) in [7, 11) is 0. The van der Waals surface area contributed by atoms with Crippen LogP contribution in [-0.2, 0) is 18.3 Å². The Morgan fingerprint density at radius 2 is 1.70 bits per heavy atom. The number of rotatable bonds is 3. The number of carbonyl (C=O) groups is 1. The first kappa shape index (κ1) is 22.3. The molecule has 2 heterocycles. The van der Waals surface area contributed by atoms with Crippen molar-refractivity contribution in [3.8, 4) is 0 Å². The third-order valence-electron chi connectivity index (χ3n) is 5.44. The van der Waals surface area contributed by atoms with Crippen LogP contribution < -0.4 is 0 Å². The molecule has 1 aromatic carbocycles. The van der Waals surface area contributed by atoms with Gasteiger partial charge in [-0.2, -0.15) is 18.3 Å². The van der Waals surface area contributed by atoms with Crippen molar-refractivity contribution >= 4 is 5.91 Å². The van der Waals surface area contributed by atoms with E-state index in [1.165, 1.54) is 12.1 Å². The SMILES string of the molecule is Cc1c(C(=O)N2CCCN(Cc3ccc(C(F)(F)F)cc3)CC2)cnn1C(C)(C)C. The predicted octanol–water partition coefficient (Wildman–Crippen LogP) is 4.31. The van der Waals surface area contributed by atoms with E-state index in [4.69, 9.17) is 0 Å². The quantitative estimate of drug-likeness (QED) is 0.740. The van der Waals surface area contributed by atoms with E-state index in [1.807, 2.05) is 37.3 Å². The largest absolute Gasteiger partial charge is 0.416 e. The van der Waals surface area contributed by atoms with Gasteiger partial charge in [-0.3, -0.25) is 14.4 Å². The standard InChI is InChI=1S/C22H29F3N4O/c1-16-19(14-26-29(16)21(2,3)4)20(30)28-11-5-10-27(12-13-28)15-17-6-8-18(9-7-17)22(23,24)25/h6-9,14H,5,10-13,15H2,1-4H3. The molecule has 5 nitrogen and oxygen atoms in total. The fourth-order valence-corrected chi connectivity index (χ4v) is 3.86. The van der Waals surface area contributed by atoms with E-state index in [9.17, 15) is 18.0 Å². The smallest absolute Gasteiger partial charge is 0.337 e. The number of aromatic nitrogens is 2. The lowest BCUT2D eigenvalue weighted by Crippen LogP contribution is -2.35. The van der Waals surface area contributed by atoms with Gasteiger partial charge in [0.25, 0.3) is 5.91 Å². The Bertz CT molecular complexity index is 881. The first-order chi connectivity index (χ1) is 14.0. The molecule has 0 bridgehead atoms. The average molecular weight is 422 g/mol. The summed E-state index contributed by atoms with van der Waals surface area (Å²) in [6.45, 7) is 11.3. The molecular formula is C22H29F3N4O. The predicted molar refractivity (Wildman–Crippen MR) is 109 cm³/mol. The van der Waals surface area contributed by atoms with E-state index < -0.39 is 11.7 Å². The monoisotopic (exact) mass is 422 g/mol. The summed E-state index contributed by atoms with van der Waals surface area (Å²) in [4.78, 5) is 17.1. The summed E-state index contributed by atoms with van der Waals surface area (Å²) in [6.07, 6.45) is -1.85. The molecule has 164 valence electrons. The Morgan fingerprint density at radius 1 is 1.03 bits per heavy atom. The third-order valence-corrected chi connectivity index (χ3v) is 5.44. The molecule has 1 fully saturated rings. The maximum absolute atomic E-state index is 13.1. The summed E-state index contributed by atoms with van der Waals surface area (Å²) >= 11 is 0. The van der Waals surface area contributed by atoms with Crippen LogP contribution in [0, 0.1) is 6.92 Å².